The summed E-state index contributed by atoms with van der Waals surface area (Å²) in [7, 11) is 0. The third-order valence-corrected chi connectivity index (χ3v) is 1.32. The summed E-state index contributed by atoms with van der Waals surface area (Å²) in [5.41, 5.74) is 0.0422. The topological polar surface area (TPSA) is 17.1 Å². The lowest BCUT2D eigenvalue weighted by Gasteiger charge is -2.17. The summed E-state index contributed by atoms with van der Waals surface area (Å²) >= 11 is 0. The summed E-state index contributed by atoms with van der Waals surface area (Å²) in [6, 6.07) is 0. The Morgan fingerprint density at radius 3 is 2.30 bits per heavy atom. The quantitative estimate of drug-likeness (QED) is 0.551. The van der Waals surface area contributed by atoms with E-state index in [0.29, 0.717) is 6.42 Å². The van der Waals surface area contributed by atoms with Crippen LogP contribution >= 0.6 is 0 Å². The van der Waals surface area contributed by atoms with Gasteiger partial charge in [-0.25, -0.2) is 0 Å². The lowest BCUT2D eigenvalue weighted by Crippen LogP contribution is -2.11. The fourth-order valence-electron chi connectivity index (χ4n) is 1.15. The molecule has 1 heteroatoms. The van der Waals surface area contributed by atoms with Crippen molar-refractivity contribution in [2.75, 3.05) is 0 Å². The molecule has 10 heavy (non-hydrogen) atoms. The Hall–Kier alpha value is -0.590. The summed E-state index contributed by atoms with van der Waals surface area (Å²) in [5.74, 6) is 0.253. The number of carbonyl (C=O) groups is 1. The number of Topliss-reactive ketones (excluding diaryl/α,β-unsaturated/α-hetero) is 1. The van der Waals surface area contributed by atoms with Gasteiger partial charge >= 0.3 is 0 Å². The second-order valence-corrected chi connectivity index (χ2v) is 3.37. The van der Waals surface area contributed by atoms with Gasteiger partial charge in [-0.3, -0.25) is 4.79 Å². The molecule has 0 bridgehead atoms. The molecule has 0 aliphatic rings. The van der Waals surface area contributed by atoms with Gasteiger partial charge in [0.2, 0.25) is 0 Å². The molecule has 0 aliphatic carbocycles. The predicted molar refractivity (Wildman–Crippen MR) is 43.9 cm³/mol. The Morgan fingerprint density at radius 1 is 1.50 bits per heavy atom. The van der Waals surface area contributed by atoms with Gasteiger partial charge in [-0.2, -0.15) is 0 Å². The van der Waals surface area contributed by atoms with Crippen molar-refractivity contribution in [3.05, 3.63) is 12.2 Å². The minimum absolute atomic E-state index is 0.0422. The Morgan fingerprint density at radius 2 is 2.00 bits per heavy atom. The van der Waals surface area contributed by atoms with Crippen molar-refractivity contribution in [2.45, 2.75) is 34.1 Å². The van der Waals surface area contributed by atoms with E-state index in [-0.39, 0.29) is 11.2 Å². The number of hydrogen-bond donors (Lipinski definition) is 0. The third-order valence-electron chi connectivity index (χ3n) is 1.32. The standard InChI is InChI=1S/C9H16O/c1-5-6-9(3,4)7-8(2)10/h5-6H,7H2,1-4H3/b6-5+. The molecule has 0 saturated carbocycles. The Bertz CT molecular complexity index is 143. The van der Waals surface area contributed by atoms with E-state index in [0.717, 1.165) is 0 Å². The summed E-state index contributed by atoms with van der Waals surface area (Å²) in [6.07, 6.45) is 4.69. The van der Waals surface area contributed by atoms with Crippen LogP contribution in [0.25, 0.3) is 0 Å². The van der Waals surface area contributed by atoms with Crippen molar-refractivity contribution in [2.24, 2.45) is 5.41 Å². The summed E-state index contributed by atoms with van der Waals surface area (Å²) < 4.78 is 0. The maximum atomic E-state index is 10.7. The minimum atomic E-state index is 0.0422. The normalized spacial score (nSPS) is 12.4. The van der Waals surface area contributed by atoms with Crippen LogP contribution in [-0.2, 0) is 4.79 Å². The molecule has 0 fully saturated rings. The predicted octanol–water partition coefficient (Wildman–Crippen LogP) is 2.57. The molecule has 0 unspecified atom stereocenters. The molecule has 0 amide bonds. The lowest BCUT2D eigenvalue weighted by atomic mass is 9.87. The van der Waals surface area contributed by atoms with Gasteiger partial charge in [-0.05, 0) is 19.3 Å². The van der Waals surface area contributed by atoms with Crippen molar-refractivity contribution in [1.29, 1.82) is 0 Å². The molecular formula is C9H16O. The van der Waals surface area contributed by atoms with Crippen LogP contribution in [0.15, 0.2) is 12.2 Å². The van der Waals surface area contributed by atoms with Gasteiger partial charge in [0, 0.05) is 6.42 Å². The average Bonchev–Trinajstić information content (AvgIpc) is 1.59. The van der Waals surface area contributed by atoms with E-state index in [2.05, 4.69) is 19.9 Å². The van der Waals surface area contributed by atoms with E-state index in [4.69, 9.17) is 0 Å². The maximum Gasteiger partial charge on any atom is 0.130 e. The zero-order valence-electron chi connectivity index (χ0n) is 7.27. The zero-order valence-corrected chi connectivity index (χ0v) is 7.27. The second-order valence-electron chi connectivity index (χ2n) is 3.37. The van der Waals surface area contributed by atoms with Gasteiger partial charge in [0.1, 0.15) is 5.78 Å². The lowest BCUT2D eigenvalue weighted by molar-refractivity contribution is -0.118. The van der Waals surface area contributed by atoms with Crippen LogP contribution in [0.4, 0.5) is 0 Å². The summed E-state index contributed by atoms with van der Waals surface area (Å²) in [5, 5.41) is 0. The average molecular weight is 140 g/mol. The third kappa shape index (κ3) is 4.30. The first kappa shape index (κ1) is 9.41. The molecule has 0 atom stereocenters. The number of carbonyl (C=O) groups excluding carboxylic acids is 1. The van der Waals surface area contributed by atoms with Crippen molar-refractivity contribution in [1.82, 2.24) is 0 Å². The first-order valence-corrected chi connectivity index (χ1v) is 3.61. The van der Waals surface area contributed by atoms with E-state index < -0.39 is 0 Å². The molecular weight excluding hydrogens is 124 g/mol. The minimum Gasteiger partial charge on any atom is -0.300 e. The van der Waals surface area contributed by atoms with Crippen LogP contribution in [0, 0.1) is 5.41 Å². The van der Waals surface area contributed by atoms with Gasteiger partial charge in [-0.1, -0.05) is 26.0 Å². The van der Waals surface area contributed by atoms with Gasteiger partial charge in [0.05, 0.1) is 0 Å². The molecule has 0 aromatic heterocycles. The van der Waals surface area contributed by atoms with E-state index in [9.17, 15) is 4.79 Å². The van der Waals surface area contributed by atoms with E-state index >= 15 is 0 Å². The van der Waals surface area contributed by atoms with Crippen molar-refractivity contribution in [3.63, 3.8) is 0 Å². The molecule has 1 nitrogen and oxygen atoms in total. The van der Waals surface area contributed by atoms with Gasteiger partial charge < -0.3 is 0 Å². The van der Waals surface area contributed by atoms with Gasteiger partial charge in [0.15, 0.2) is 0 Å². The molecule has 0 N–H and O–H groups in total. The largest absolute Gasteiger partial charge is 0.300 e. The van der Waals surface area contributed by atoms with Gasteiger partial charge in [0.25, 0.3) is 0 Å². The highest BCUT2D eigenvalue weighted by Gasteiger charge is 2.14. The Balaban J connectivity index is 3.99. The highest BCUT2D eigenvalue weighted by Crippen LogP contribution is 2.21. The smallest absolute Gasteiger partial charge is 0.130 e. The van der Waals surface area contributed by atoms with Gasteiger partial charge in [-0.15, -0.1) is 0 Å². The Labute approximate surface area is 63.1 Å². The molecule has 0 aliphatic heterocycles. The number of ketones is 1. The van der Waals surface area contributed by atoms with Crippen molar-refractivity contribution >= 4 is 5.78 Å². The fourth-order valence-corrected chi connectivity index (χ4v) is 1.15. The second kappa shape index (κ2) is 3.55. The zero-order chi connectivity index (χ0) is 8.20. The molecule has 0 aromatic rings. The molecule has 58 valence electrons. The monoisotopic (exact) mass is 140 g/mol. The maximum absolute atomic E-state index is 10.7. The SMILES string of the molecule is C/C=C/C(C)(C)CC(C)=O. The molecule has 0 rings (SSSR count). The van der Waals surface area contributed by atoms with Crippen LogP contribution in [0.1, 0.15) is 34.1 Å². The van der Waals surface area contributed by atoms with Crippen LogP contribution in [0.3, 0.4) is 0 Å². The molecule has 0 aromatic carbocycles. The van der Waals surface area contributed by atoms with E-state index in [1.165, 1.54) is 0 Å². The number of rotatable bonds is 3. The molecule has 0 spiro atoms. The van der Waals surface area contributed by atoms with Crippen molar-refractivity contribution < 1.29 is 4.79 Å². The number of allylic oxidation sites excluding steroid dienone is 2. The highest BCUT2D eigenvalue weighted by atomic mass is 16.1. The van der Waals surface area contributed by atoms with Crippen LogP contribution in [0.2, 0.25) is 0 Å². The fraction of sp³-hybridized carbons (Fsp3) is 0.667. The molecule has 0 saturated heterocycles. The van der Waals surface area contributed by atoms with E-state index in [1.54, 1.807) is 6.92 Å². The molecule has 0 heterocycles. The van der Waals surface area contributed by atoms with Crippen LogP contribution < -0.4 is 0 Å². The summed E-state index contributed by atoms with van der Waals surface area (Å²) in [4.78, 5) is 10.7. The first-order valence-electron chi connectivity index (χ1n) is 3.61. The van der Waals surface area contributed by atoms with Crippen molar-refractivity contribution in [3.8, 4) is 0 Å². The summed E-state index contributed by atoms with van der Waals surface area (Å²) in [6.45, 7) is 7.73. The first-order chi connectivity index (χ1) is 4.48. The number of hydrogen-bond acceptors (Lipinski definition) is 1. The van der Waals surface area contributed by atoms with Crippen LogP contribution in [-0.4, -0.2) is 5.78 Å². The Kier molecular flexibility index (Phi) is 3.34. The molecule has 0 radical (unpaired) electrons. The highest BCUT2D eigenvalue weighted by molar-refractivity contribution is 5.76. The van der Waals surface area contributed by atoms with E-state index in [1.807, 2.05) is 13.0 Å². The van der Waals surface area contributed by atoms with Crippen LogP contribution in [0.5, 0.6) is 0 Å².